The molecule has 1 rings (SSSR count). The lowest BCUT2D eigenvalue weighted by molar-refractivity contribution is 0.310. The summed E-state index contributed by atoms with van der Waals surface area (Å²) in [5.74, 6) is 0.627. The summed E-state index contributed by atoms with van der Waals surface area (Å²) in [6, 6.07) is 1.48. The molecule has 0 aromatic carbocycles. The summed E-state index contributed by atoms with van der Waals surface area (Å²) < 4.78 is 0. The number of anilines is 1. The first-order valence-corrected chi connectivity index (χ1v) is 4.59. The molecule has 0 bridgehead atoms. The third kappa shape index (κ3) is 2.85. The van der Waals surface area contributed by atoms with Gasteiger partial charge in [-0.3, -0.25) is 9.78 Å². The molecule has 0 fully saturated rings. The Hall–Kier alpha value is -1.36. The molecule has 0 amide bonds. The van der Waals surface area contributed by atoms with Gasteiger partial charge in [-0.2, -0.15) is 0 Å². The summed E-state index contributed by atoms with van der Waals surface area (Å²) in [5.41, 5.74) is 0.568. The Kier molecular flexibility index (Phi) is 3.64. The Bertz CT molecular complexity index is 346. The predicted molar refractivity (Wildman–Crippen MR) is 54.5 cm³/mol. The van der Waals surface area contributed by atoms with Crippen molar-refractivity contribution >= 4 is 5.95 Å². The average molecular weight is 197 g/mol. The van der Waals surface area contributed by atoms with Crippen LogP contribution >= 0.6 is 0 Å². The van der Waals surface area contributed by atoms with E-state index in [-0.39, 0.29) is 18.1 Å². The first-order chi connectivity index (χ1) is 6.63. The molecule has 1 heterocycles. The van der Waals surface area contributed by atoms with E-state index in [0.717, 1.165) is 5.69 Å². The van der Waals surface area contributed by atoms with E-state index in [0.29, 0.717) is 12.5 Å². The Balaban J connectivity index is 2.90. The lowest BCUT2D eigenvalue weighted by Crippen LogP contribution is -2.16. The fourth-order valence-corrected chi connectivity index (χ4v) is 1.03. The van der Waals surface area contributed by atoms with Crippen molar-refractivity contribution in [1.82, 2.24) is 9.97 Å². The lowest BCUT2D eigenvalue weighted by Gasteiger charge is -2.07. The molecule has 0 unspecified atom stereocenters. The SMILES string of the molecule is CC(C)c1cc(=O)[nH]c(NCCO)n1. The third-order valence-corrected chi connectivity index (χ3v) is 1.76. The fourth-order valence-electron chi connectivity index (χ4n) is 1.03. The number of H-pyrrole nitrogens is 1. The molecular formula is C9H15N3O2. The van der Waals surface area contributed by atoms with E-state index in [9.17, 15) is 4.79 Å². The summed E-state index contributed by atoms with van der Waals surface area (Å²) in [6.45, 7) is 4.33. The molecule has 0 saturated heterocycles. The predicted octanol–water partition coefficient (Wildman–Crippen LogP) is 0.298. The van der Waals surface area contributed by atoms with Gasteiger partial charge in [0.1, 0.15) is 0 Å². The minimum atomic E-state index is -0.177. The molecule has 5 nitrogen and oxygen atoms in total. The second-order valence-electron chi connectivity index (χ2n) is 3.32. The smallest absolute Gasteiger partial charge is 0.252 e. The van der Waals surface area contributed by atoms with Crippen molar-refractivity contribution < 1.29 is 5.11 Å². The highest BCUT2D eigenvalue weighted by Gasteiger charge is 2.04. The average Bonchev–Trinajstić information content (AvgIpc) is 2.14. The van der Waals surface area contributed by atoms with Gasteiger partial charge in [0.15, 0.2) is 0 Å². The minimum Gasteiger partial charge on any atom is -0.395 e. The molecule has 14 heavy (non-hydrogen) atoms. The summed E-state index contributed by atoms with van der Waals surface area (Å²) in [6.07, 6.45) is 0. The van der Waals surface area contributed by atoms with Gasteiger partial charge in [-0.1, -0.05) is 13.8 Å². The van der Waals surface area contributed by atoms with Crippen molar-refractivity contribution in [3.63, 3.8) is 0 Å². The monoisotopic (exact) mass is 197 g/mol. The first kappa shape index (κ1) is 10.7. The zero-order valence-corrected chi connectivity index (χ0v) is 8.37. The van der Waals surface area contributed by atoms with Gasteiger partial charge in [-0.15, -0.1) is 0 Å². The van der Waals surface area contributed by atoms with Gasteiger partial charge >= 0.3 is 0 Å². The van der Waals surface area contributed by atoms with Crippen molar-refractivity contribution in [2.75, 3.05) is 18.5 Å². The topological polar surface area (TPSA) is 78.0 Å². The van der Waals surface area contributed by atoms with Crippen molar-refractivity contribution in [3.05, 3.63) is 22.1 Å². The van der Waals surface area contributed by atoms with Crippen LogP contribution in [0.5, 0.6) is 0 Å². The largest absolute Gasteiger partial charge is 0.395 e. The van der Waals surface area contributed by atoms with E-state index < -0.39 is 0 Å². The van der Waals surface area contributed by atoms with Gasteiger partial charge in [0.05, 0.1) is 12.3 Å². The van der Waals surface area contributed by atoms with Crippen molar-refractivity contribution in [2.45, 2.75) is 19.8 Å². The van der Waals surface area contributed by atoms with Crippen LogP contribution in [0.2, 0.25) is 0 Å². The molecule has 78 valence electrons. The minimum absolute atomic E-state index is 0.00954. The maximum Gasteiger partial charge on any atom is 0.252 e. The Morgan fingerprint density at radius 1 is 1.64 bits per heavy atom. The van der Waals surface area contributed by atoms with Crippen LogP contribution in [0.4, 0.5) is 5.95 Å². The quantitative estimate of drug-likeness (QED) is 0.648. The molecule has 0 aliphatic heterocycles. The molecule has 0 spiro atoms. The number of aromatic amines is 1. The van der Waals surface area contributed by atoms with Crippen LogP contribution in [-0.2, 0) is 0 Å². The number of nitrogens with zero attached hydrogens (tertiary/aromatic N) is 1. The summed E-state index contributed by atoms with van der Waals surface area (Å²) in [7, 11) is 0. The molecule has 1 aromatic heterocycles. The second-order valence-corrected chi connectivity index (χ2v) is 3.32. The number of hydrogen-bond donors (Lipinski definition) is 3. The summed E-state index contributed by atoms with van der Waals surface area (Å²) in [4.78, 5) is 17.9. The van der Waals surface area contributed by atoms with Crippen molar-refractivity contribution in [2.24, 2.45) is 0 Å². The van der Waals surface area contributed by atoms with Crippen LogP contribution in [0, 0.1) is 0 Å². The number of hydrogen-bond acceptors (Lipinski definition) is 4. The van der Waals surface area contributed by atoms with E-state index in [1.54, 1.807) is 0 Å². The van der Waals surface area contributed by atoms with E-state index in [1.165, 1.54) is 6.07 Å². The van der Waals surface area contributed by atoms with Gasteiger partial charge in [0, 0.05) is 12.6 Å². The fraction of sp³-hybridized carbons (Fsp3) is 0.556. The lowest BCUT2D eigenvalue weighted by atomic mass is 10.1. The van der Waals surface area contributed by atoms with Crippen LogP contribution < -0.4 is 10.9 Å². The Labute approximate surface area is 82.2 Å². The normalized spacial score (nSPS) is 10.6. The number of aromatic nitrogens is 2. The Morgan fingerprint density at radius 2 is 2.36 bits per heavy atom. The molecule has 5 heteroatoms. The molecule has 1 aromatic rings. The maximum absolute atomic E-state index is 11.2. The van der Waals surface area contributed by atoms with Crippen LogP contribution in [0.15, 0.2) is 10.9 Å². The highest BCUT2D eigenvalue weighted by atomic mass is 16.3. The first-order valence-electron chi connectivity index (χ1n) is 4.59. The molecule has 0 saturated carbocycles. The van der Waals surface area contributed by atoms with Crippen LogP contribution in [0.3, 0.4) is 0 Å². The van der Waals surface area contributed by atoms with Crippen LogP contribution in [0.25, 0.3) is 0 Å². The number of rotatable bonds is 4. The molecule has 0 aliphatic carbocycles. The van der Waals surface area contributed by atoms with Crippen molar-refractivity contribution in [3.8, 4) is 0 Å². The zero-order chi connectivity index (χ0) is 10.6. The molecular weight excluding hydrogens is 182 g/mol. The molecule has 0 radical (unpaired) electrons. The zero-order valence-electron chi connectivity index (χ0n) is 8.37. The van der Waals surface area contributed by atoms with Crippen molar-refractivity contribution in [1.29, 1.82) is 0 Å². The molecule has 0 atom stereocenters. The third-order valence-electron chi connectivity index (χ3n) is 1.76. The summed E-state index contributed by atoms with van der Waals surface area (Å²) in [5, 5.41) is 11.4. The van der Waals surface area contributed by atoms with Gasteiger partial charge in [0.2, 0.25) is 5.95 Å². The number of aliphatic hydroxyl groups is 1. The van der Waals surface area contributed by atoms with E-state index in [4.69, 9.17) is 5.11 Å². The number of aliphatic hydroxyl groups excluding tert-OH is 1. The van der Waals surface area contributed by atoms with E-state index in [1.807, 2.05) is 13.8 Å². The standard InChI is InChI=1S/C9H15N3O2/c1-6(2)7-5-8(14)12-9(11-7)10-3-4-13/h5-6,13H,3-4H2,1-2H3,(H2,10,11,12,14). The highest BCUT2D eigenvalue weighted by Crippen LogP contribution is 2.09. The van der Waals surface area contributed by atoms with Gasteiger partial charge < -0.3 is 10.4 Å². The van der Waals surface area contributed by atoms with Gasteiger partial charge in [0.25, 0.3) is 5.56 Å². The van der Waals surface area contributed by atoms with Crippen LogP contribution in [0.1, 0.15) is 25.5 Å². The van der Waals surface area contributed by atoms with E-state index >= 15 is 0 Å². The second kappa shape index (κ2) is 4.76. The highest BCUT2D eigenvalue weighted by molar-refractivity contribution is 5.25. The Morgan fingerprint density at radius 3 is 2.93 bits per heavy atom. The van der Waals surface area contributed by atoms with Gasteiger partial charge in [-0.05, 0) is 5.92 Å². The number of nitrogens with one attached hydrogen (secondary N) is 2. The maximum atomic E-state index is 11.2. The molecule has 3 N–H and O–H groups in total. The molecule has 0 aliphatic rings. The summed E-state index contributed by atoms with van der Waals surface area (Å²) >= 11 is 0. The van der Waals surface area contributed by atoms with Gasteiger partial charge in [-0.25, -0.2) is 4.98 Å². The van der Waals surface area contributed by atoms with Crippen LogP contribution in [-0.4, -0.2) is 28.2 Å². The van der Waals surface area contributed by atoms with E-state index in [2.05, 4.69) is 15.3 Å².